The molecule has 2 heterocycles. The number of aromatic nitrogens is 1. The molecule has 2 N–H and O–H groups in total. The predicted octanol–water partition coefficient (Wildman–Crippen LogP) is 2.04. The summed E-state index contributed by atoms with van der Waals surface area (Å²) in [5.41, 5.74) is 0.806. The van der Waals surface area contributed by atoms with Crippen LogP contribution in [0, 0.1) is 5.41 Å². The van der Waals surface area contributed by atoms with Gasteiger partial charge < -0.3 is 10.6 Å². The minimum absolute atomic E-state index is 0.00607. The topological polar surface area (TPSA) is 54.0 Å². The van der Waals surface area contributed by atoms with Crippen molar-refractivity contribution in [1.29, 1.82) is 0 Å². The van der Waals surface area contributed by atoms with Gasteiger partial charge in [0.05, 0.1) is 11.5 Å². The second kappa shape index (κ2) is 6.15. The molecule has 2 atom stereocenters. The Hall–Kier alpha value is -1.42. The van der Waals surface area contributed by atoms with E-state index in [0.29, 0.717) is 0 Å². The van der Waals surface area contributed by atoms with Gasteiger partial charge in [0.1, 0.15) is 0 Å². The first-order chi connectivity index (χ1) is 9.18. The summed E-state index contributed by atoms with van der Waals surface area (Å²) in [4.78, 5) is 16.7. The SMILES string of the molecule is CCC1(C(=O)N[C@H](C)c2cccnc2)CCCNC1. The van der Waals surface area contributed by atoms with E-state index in [-0.39, 0.29) is 17.4 Å². The Morgan fingerprint density at radius 2 is 2.47 bits per heavy atom. The van der Waals surface area contributed by atoms with Crippen molar-refractivity contribution in [2.45, 2.75) is 39.2 Å². The molecule has 0 saturated carbocycles. The summed E-state index contributed by atoms with van der Waals surface area (Å²) < 4.78 is 0. The molecule has 1 fully saturated rings. The molecule has 4 heteroatoms. The van der Waals surface area contributed by atoms with Crippen molar-refractivity contribution < 1.29 is 4.79 Å². The van der Waals surface area contributed by atoms with Crippen LogP contribution in [0.2, 0.25) is 0 Å². The highest BCUT2D eigenvalue weighted by molar-refractivity contribution is 5.83. The van der Waals surface area contributed by atoms with E-state index in [4.69, 9.17) is 0 Å². The molecule has 1 aliphatic heterocycles. The number of nitrogens with one attached hydrogen (secondary N) is 2. The Morgan fingerprint density at radius 1 is 1.63 bits per heavy atom. The summed E-state index contributed by atoms with van der Waals surface area (Å²) >= 11 is 0. The largest absolute Gasteiger partial charge is 0.349 e. The fraction of sp³-hybridized carbons (Fsp3) is 0.600. The quantitative estimate of drug-likeness (QED) is 0.872. The van der Waals surface area contributed by atoms with E-state index in [2.05, 4.69) is 22.5 Å². The molecule has 0 bridgehead atoms. The number of nitrogens with zero attached hydrogens (tertiary/aromatic N) is 1. The molecule has 4 nitrogen and oxygen atoms in total. The average molecular weight is 261 g/mol. The van der Waals surface area contributed by atoms with Gasteiger partial charge in [0.25, 0.3) is 0 Å². The minimum Gasteiger partial charge on any atom is -0.349 e. The Labute approximate surface area is 115 Å². The van der Waals surface area contributed by atoms with Crippen LogP contribution >= 0.6 is 0 Å². The maximum absolute atomic E-state index is 12.6. The first-order valence-corrected chi connectivity index (χ1v) is 7.09. The third-order valence-electron chi connectivity index (χ3n) is 4.16. The van der Waals surface area contributed by atoms with Gasteiger partial charge in [-0.2, -0.15) is 0 Å². The van der Waals surface area contributed by atoms with Gasteiger partial charge in [-0.25, -0.2) is 0 Å². The minimum atomic E-state index is -0.241. The maximum Gasteiger partial charge on any atom is 0.227 e. The Balaban J connectivity index is 2.03. The summed E-state index contributed by atoms with van der Waals surface area (Å²) in [6, 6.07) is 3.90. The highest BCUT2D eigenvalue weighted by Gasteiger charge is 2.38. The molecule has 1 saturated heterocycles. The Bertz CT molecular complexity index is 413. The number of carbonyl (C=O) groups excluding carboxylic acids is 1. The van der Waals surface area contributed by atoms with E-state index >= 15 is 0 Å². The van der Waals surface area contributed by atoms with Crippen LogP contribution in [-0.4, -0.2) is 24.0 Å². The third kappa shape index (κ3) is 3.13. The van der Waals surface area contributed by atoms with Crippen LogP contribution in [0.5, 0.6) is 0 Å². The number of pyridine rings is 1. The monoisotopic (exact) mass is 261 g/mol. The van der Waals surface area contributed by atoms with Crippen LogP contribution in [-0.2, 0) is 4.79 Å². The molecule has 1 unspecified atom stereocenters. The summed E-state index contributed by atoms with van der Waals surface area (Å²) in [6.07, 6.45) is 6.48. The lowest BCUT2D eigenvalue weighted by molar-refractivity contribution is -0.133. The highest BCUT2D eigenvalue weighted by atomic mass is 16.2. The van der Waals surface area contributed by atoms with Gasteiger partial charge >= 0.3 is 0 Å². The molecular weight excluding hydrogens is 238 g/mol. The molecule has 2 rings (SSSR count). The van der Waals surface area contributed by atoms with Crippen LogP contribution in [0.15, 0.2) is 24.5 Å². The van der Waals surface area contributed by atoms with Crippen LogP contribution in [0.4, 0.5) is 0 Å². The molecular formula is C15H23N3O. The number of piperidine rings is 1. The Kier molecular flexibility index (Phi) is 4.53. The Morgan fingerprint density at radius 3 is 3.05 bits per heavy atom. The molecule has 104 valence electrons. The van der Waals surface area contributed by atoms with Crippen LogP contribution < -0.4 is 10.6 Å². The number of hydrogen-bond donors (Lipinski definition) is 2. The second-order valence-electron chi connectivity index (χ2n) is 5.40. The average Bonchev–Trinajstić information content (AvgIpc) is 2.48. The predicted molar refractivity (Wildman–Crippen MR) is 75.6 cm³/mol. The standard InChI is InChI=1S/C15H23N3O/c1-3-15(7-5-9-17-11-15)14(19)18-12(2)13-6-4-8-16-10-13/h4,6,8,10,12,17H,3,5,7,9,11H2,1-2H3,(H,18,19)/t12-,15?/m1/s1. The molecule has 0 aromatic carbocycles. The van der Waals surface area contributed by atoms with Gasteiger partial charge in [0.15, 0.2) is 0 Å². The van der Waals surface area contributed by atoms with Gasteiger partial charge in [0, 0.05) is 18.9 Å². The molecule has 0 radical (unpaired) electrons. The van der Waals surface area contributed by atoms with Crippen LogP contribution in [0.3, 0.4) is 0 Å². The van der Waals surface area contributed by atoms with E-state index in [1.54, 1.807) is 6.20 Å². The number of hydrogen-bond acceptors (Lipinski definition) is 3. The van der Waals surface area contributed by atoms with Crippen molar-refractivity contribution in [3.8, 4) is 0 Å². The van der Waals surface area contributed by atoms with Crippen molar-refractivity contribution >= 4 is 5.91 Å². The molecule has 19 heavy (non-hydrogen) atoms. The van der Waals surface area contributed by atoms with Crippen LogP contribution in [0.25, 0.3) is 0 Å². The second-order valence-corrected chi connectivity index (χ2v) is 5.40. The summed E-state index contributed by atoms with van der Waals surface area (Å²) in [5.74, 6) is 0.165. The number of rotatable bonds is 4. The van der Waals surface area contributed by atoms with Crippen molar-refractivity contribution in [3.63, 3.8) is 0 Å². The summed E-state index contributed by atoms with van der Waals surface area (Å²) in [6.45, 7) is 5.91. The molecule has 1 aromatic heterocycles. The zero-order valence-electron chi connectivity index (χ0n) is 11.8. The van der Waals surface area contributed by atoms with Crippen molar-refractivity contribution in [2.24, 2.45) is 5.41 Å². The molecule has 1 aliphatic rings. The first-order valence-electron chi connectivity index (χ1n) is 7.09. The van der Waals surface area contributed by atoms with Crippen LogP contribution in [0.1, 0.15) is 44.7 Å². The maximum atomic E-state index is 12.6. The number of carbonyl (C=O) groups is 1. The lowest BCUT2D eigenvalue weighted by Crippen LogP contribution is -2.50. The van der Waals surface area contributed by atoms with E-state index in [1.807, 2.05) is 25.3 Å². The number of amides is 1. The van der Waals surface area contributed by atoms with Crippen molar-refractivity contribution in [3.05, 3.63) is 30.1 Å². The fourth-order valence-electron chi connectivity index (χ4n) is 2.69. The highest BCUT2D eigenvalue weighted by Crippen LogP contribution is 2.31. The molecule has 0 aliphatic carbocycles. The van der Waals surface area contributed by atoms with Gasteiger partial charge in [-0.1, -0.05) is 13.0 Å². The fourth-order valence-corrected chi connectivity index (χ4v) is 2.69. The van der Waals surface area contributed by atoms with E-state index < -0.39 is 0 Å². The third-order valence-corrected chi connectivity index (χ3v) is 4.16. The summed E-state index contributed by atoms with van der Waals surface area (Å²) in [7, 11) is 0. The van der Waals surface area contributed by atoms with Gasteiger partial charge in [-0.05, 0) is 44.4 Å². The lowest BCUT2D eigenvalue weighted by atomic mass is 9.77. The van der Waals surface area contributed by atoms with E-state index in [0.717, 1.165) is 37.9 Å². The van der Waals surface area contributed by atoms with Gasteiger partial charge in [0.2, 0.25) is 5.91 Å². The van der Waals surface area contributed by atoms with Crippen molar-refractivity contribution in [1.82, 2.24) is 15.6 Å². The zero-order valence-corrected chi connectivity index (χ0v) is 11.8. The van der Waals surface area contributed by atoms with Crippen molar-refractivity contribution in [2.75, 3.05) is 13.1 Å². The molecule has 1 aromatic rings. The van der Waals surface area contributed by atoms with E-state index in [1.165, 1.54) is 0 Å². The normalized spacial score (nSPS) is 24.7. The summed E-state index contributed by atoms with van der Waals surface area (Å²) in [5, 5.41) is 6.49. The molecule has 0 spiro atoms. The van der Waals surface area contributed by atoms with E-state index in [9.17, 15) is 4.79 Å². The van der Waals surface area contributed by atoms with Gasteiger partial charge in [-0.15, -0.1) is 0 Å². The molecule has 1 amide bonds. The first kappa shape index (κ1) is 14.0. The van der Waals surface area contributed by atoms with Gasteiger partial charge in [-0.3, -0.25) is 9.78 Å². The smallest absolute Gasteiger partial charge is 0.227 e. The lowest BCUT2D eigenvalue weighted by Gasteiger charge is -2.36. The zero-order chi connectivity index (χ0) is 13.7.